The number of piperidine rings is 1. The molecule has 0 spiro atoms. The highest BCUT2D eigenvalue weighted by molar-refractivity contribution is 7.99. The number of rotatable bonds is 8. The van der Waals surface area contributed by atoms with Crippen LogP contribution in [0, 0.1) is 0 Å². The fraction of sp³-hybridized carbons (Fsp3) is 0.321. The van der Waals surface area contributed by atoms with Crippen molar-refractivity contribution in [1.82, 2.24) is 19.7 Å². The predicted molar refractivity (Wildman–Crippen MR) is 143 cm³/mol. The summed E-state index contributed by atoms with van der Waals surface area (Å²) >= 11 is 1.46. The quantitative estimate of drug-likeness (QED) is 0.306. The summed E-state index contributed by atoms with van der Waals surface area (Å²) in [6.45, 7) is 5.60. The van der Waals surface area contributed by atoms with Crippen LogP contribution < -0.4 is 4.90 Å². The highest BCUT2D eigenvalue weighted by Gasteiger charge is 2.21. The van der Waals surface area contributed by atoms with Gasteiger partial charge < -0.3 is 4.90 Å². The second-order valence-corrected chi connectivity index (χ2v) is 9.77. The van der Waals surface area contributed by atoms with E-state index in [1.165, 1.54) is 31.0 Å². The predicted octanol–water partition coefficient (Wildman–Crippen LogP) is 5.55. The Morgan fingerprint density at radius 1 is 0.914 bits per heavy atom. The van der Waals surface area contributed by atoms with Crippen molar-refractivity contribution in [1.29, 1.82) is 0 Å². The molecule has 35 heavy (non-hydrogen) atoms. The molecule has 0 bridgehead atoms. The molecule has 1 aliphatic heterocycles. The minimum absolute atomic E-state index is 0.0639. The van der Waals surface area contributed by atoms with Gasteiger partial charge >= 0.3 is 0 Å². The average Bonchev–Trinajstić information content (AvgIpc) is 3.31. The molecule has 180 valence electrons. The second-order valence-electron chi connectivity index (χ2n) is 8.83. The van der Waals surface area contributed by atoms with Crippen molar-refractivity contribution < 1.29 is 4.79 Å². The van der Waals surface area contributed by atoms with E-state index in [0.717, 1.165) is 52.8 Å². The third-order valence-electron chi connectivity index (χ3n) is 6.53. The van der Waals surface area contributed by atoms with E-state index < -0.39 is 0 Å². The number of benzene rings is 3. The summed E-state index contributed by atoms with van der Waals surface area (Å²) in [6.07, 6.45) is 3.77. The summed E-state index contributed by atoms with van der Waals surface area (Å²) in [5.74, 6) is 1.29. The monoisotopic (exact) mass is 485 g/mol. The Bertz CT molecular complexity index is 1280. The van der Waals surface area contributed by atoms with Crippen molar-refractivity contribution in [2.24, 2.45) is 0 Å². The van der Waals surface area contributed by atoms with Gasteiger partial charge in [-0.15, -0.1) is 10.2 Å². The molecule has 6 nitrogen and oxygen atoms in total. The van der Waals surface area contributed by atoms with Crippen LogP contribution in [0.1, 0.15) is 32.0 Å². The Morgan fingerprint density at radius 3 is 2.46 bits per heavy atom. The lowest BCUT2D eigenvalue weighted by molar-refractivity contribution is -0.116. The number of amides is 1. The summed E-state index contributed by atoms with van der Waals surface area (Å²) in [5.41, 5.74) is 1.98. The van der Waals surface area contributed by atoms with Crippen LogP contribution in [0.2, 0.25) is 0 Å². The lowest BCUT2D eigenvalue weighted by Crippen LogP contribution is -2.32. The van der Waals surface area contributed by atoms with Gasteiger partial charge in [0.05, 0.1) is 18.0 Å². The molecule has 1 aromatic heterocycles. The Balaban J connectivity index is 1.38. The standard InChI is InChI=1S/C28H31N5OS/c1-2-32(25-17-11-13-22-12-7-8-16-24(22)25)27(34)21-35-28-30-29-26(20-31-18-9-4-10-19-31)33(28)23-14-5-3-6-15-23/h3,5-8,11-17H,2,4,9-10,18-21H2,1H3. The zero-order chi connectivity index (χ0) is 24.0. The highest BCUT2D eigenvalue weighted by atomic mass is 32.2. The molecule has 0 saturated carbocycles. The van der Waals surface area contributed by atoms with Crippen LogP contribution in [0.3, 0.4) is 0 Å². The van der Waals surface area contributed by atoms with Crippen molar-refractivity contribution in [2.45, 2.75) is 37.9 Å². The van der Waals surface area contributed by atoms with E-state index in [0.29, 0.717) is 12.3 Å². The lowest BCUT2D eigenvalue weighted by Gasteiger charge is -2.26. The van der Waals surface area contributed by atoms with Gasteiger partial charge in [0, 0.05) is 17.6 Å². The molecule has 1 fully saturated rings. The molecule has 0 aliphatic carbocycles. The number of likely N-dealkylation sites (tertiary alicyclic amines) is 1. The molecule has 0 radical (unpaired) electrons. The third kappa shape index (κ3) is 5.26. The summed E-state index contributed by atoms with van der Waals surface area (Å²) < 4.78 is 2.11. The van der Waals surface area contributed by atoms with Crippen molar-refractivity contribution in [3.05, 3.63) is 78.6 Å². The Labute approximate surface area is 211 Å². The fourth-order valence-corrected chi connectivity index (χ4v) is 5.63. The topological polar surface area (TPSA) is 54.3 Å². The maximum atomic E-state index is 13.4. The number of carbonyl (C=O) groups is 1. The summed E-state index contributed by atoms with van der Waals surface area (Å²) in [6, 6.07) is 24.5. The van der Waals surface area contributed by atoms with E-state index in [9.17, 15) is 4.79 Å². The van der Waals surface area contributed by atoms with Gasteiger partial charge in [0.15, 0.2) is 11.0 Å². The van der Waals surface area contributed by atoms with Crippen LogP contribution in [0.5, 0.6) is 0 Å². The van der Waals surface area contributed by atoms with Gasteiger partial charge in [0.2, 0.25) is 5.91 Å². The van der Waals surface area contributed by atoms with Gasteiger partial charge in [-0.25, -0.2) is 0 Å². The first kappa shape index (κ1) is 23.6. The van der Waals surface area contributed by atoms with E-state index in [1.54, 1.807) is 0 Å². The first-order valence-corrected chi connectivity index (χ1v) is 13.4. The van der Waals surface area contributed by atoms with Gasteiger partial charge in [0.25, 0.3) is 0 Å². The maximum absolute atomic E-state index is 13.4. The Kier molecular flexibility index (Phi) is 7.45. The van der Waals surface area contributed by atoms with Crippen LogP contribution in [0.4, 0.5) is 5.69 Å². The number of aromatic nitrogens is 3. The minimum atomic E-state index is 0.0639. The zero-order valence-electron chi connectivity index (χ0n) is 20.1. The van der Waals surface area contributed by atoms with Crippen molar-refractivity contribution >= 4 is 34.1 Å². The average molecular weight is 486 g/mol. The van der Waals surface area contributed by atoms with Crippen LogP contribution in [0.15, 0.2) is 78.0 Å². The molecule has 5 rings (SSSR count). The molecular weight excluding hydrogens is 454 g/mol. The van der Waals surface area contributed by atoms with E-state index in [4.69, 9.17) is 0 Å². The van der Waals surface area contributed by atoms with Crippen molar-refractivity contribution in [3.8, 4) is 5.69 Å². The Morgan fingerprint density at radius 2 is 1.66 bits per heavy atom. The second kappa shape index (κ2) is 11.1. The third-order valence-corrected chi connectivity index (χ3v) is 7.44. The summed E-state index contributed by atoms with van der Waals surface area (Å²) in [4.78, 5) is 17.7. The largest absolute Gasteiger partial charge is 0.311 e. The number of hydrogen-bond donors (Lipinski definition) is 0. The molecule has 0 N–H and O–H groups in total. The van der Waals surface area contributed by atoms with E-state index in [-0.39, 0.29) is 5.91 Å². The number of anilines is 1. The number of hydrogen-bond acceptors (Lipinski definition) is 5. The maximum Gasteiger partial charge on any atom is 0.237 e. The number of thioether (sulfide) groups is 1. The molecule has 3 aromatic carbocycles. The first-order valence-electron chi connectivity index (χ1n) is 12.4. The number of carbonyl (C=O) groups excluding carboxylic acids is 1. The van der Waals surface area contributed by atoms with E-state index in [2.05, 4.69) is 50.0 Å². The SMILES string of the molecule is CCN(C(=O)CSc1nnc(CN2CCCCC2)n1-c1ccccc1)c1cccc2ccccc12. The summed E-state index contributed by atoms with van der Waals surface area (Å²) in [5, 5.41) is 12.0. The number of fused-ring (bicyclic) bond motifs is 1. The van der Waals surface area contributed by atoms with Gasteiger partial charge in [-0.1, -0.05) is 72.8 Å². The fourth-order valence-electron chi connectivity index (χ4n) is 4.78. The minimum Gasteiger partial charge on any atom is -0.311 e. The Hall–Kier alpha value is -3.16. The van der Waals surface area contributed by atoms with Gasteiger partial charge in [-0.3, -0.25) is 14.3 Å². The van der Waals surface area contributed by atoms with Crippen LogP contribution in [-0.2, 0) is 11.3 Å². The highest BCUT2D eigenvalue weighted by Crippen LogP contribution is 2.29. The van der Waals surface area contributed by atoms with Gasteiger partial charge in [-0.2, -0.15) is 0 Å². The molecule has 7 heteroatoms. The molecule has 1 amide bonds. The van der Waals surface area contributed by atoms with E-state index >= 15 is 0 Å². The molecule has 4 aromatic rings. The molecular formula is C28H31N5OS. The number of nitrogens with zero attached hydrogens (tertiary/aromatic N) is 5. The summed E-state index contributed by atoms with van der Waals surface area (Å²) in [7, 11) is 0. The molecule has 1 aliphatic rings. The van der Waals surface area contributed by atoms with Crippen LogP contribution in [-0.4, -0.2) is 51.0 Å². The van der Waals surface area contributed by atoms with Crippen molar-refractivity contribution in [2.75, 3.05) is 30.3 Å². The molecule has 1 saturated heterocycles. The van der Waals surface area contributed by atoms with Crippen LogP contribution in [0.25, 0.3) is 16.5 Å². The zero-order valence-corrected chi connectivity index (χ0v) is 21.0. The molecule has 0 unspecified atom stereocenters. The van der Waals surface area contributed by atoms with Gasteiger partial charge in [0.1, 0.15) is 0 Å². The van der Waals surface area contributed by atoms with Crippen molar-refractivity contribution in [3.63, 3.8) is 0 Å². The smallest absolute Gasteiger partial charge is 0.237 e. The first-order chi connectivity index (χ1) is 17.2. The lowest BCUT2D eigenvalue weighted by atomic mass is 10.1. The van der Waals surface area contributed by atoms with Crippen LogP contribution >= 0.6 is 11.8 Å². The molecule has 0 atom stereocenters. The number of para-hydroxylation sites is 1. The normalized spacial score (nSPS) is 14.3. The molecule has 2 heterocycles. The van der Waals surface area contributed by atoms with Gasteiger partial charge in [-0.05, 0) is 56.4 Å². The van der Waals surface area contributed by atoms with E-state index in [1.807, 2.05) is 54.3 Å².